The Morgan fingerprint density at radius 1 is 1.21 bits per heavy atom. The van der Waals surface area contributed by atoms with E-state index in [9.17, 15) is 9.18 Å². The first-order chi connectivity index (χ1) is 13.8. The number of aryl methyl sites for hydroxylation is 2. The van der Waals surface area contributed by atoms with E-state index in [2.05, 4.69) is 24.1 Å². The normalized spacial score (nSPS) is 11.0. The van der Waals surface area contributed by atoms with Gasteiger partial charge in [-0.15, -0.1) is 0 Å². The number of benzene rings is 2. The minimum absolute atomic E-state index is 0.0880. The standard InChI is InChI=1S/C23H26FN3O2/c1-15(2)20-7-6-19(11-16(20)3)29-14-23(28)26-13-18-5-8-22(21(24)12-18)27-10-9-25-17(27)4/h5-12,15H,13-14H2,1-4H3,(H,26,28). The molecule has 3 aromatic rings. The summed E-state index contributed by atoms with van der Waals surface area (Å²) in [6, 6.07) is 10.7. The highest BCUT2D eigenvalue weighted by molar-refractivity contribution is 5.77. The van der Waals surface area contributed by atoms with Gasteiger partial charge < -0.3 is 14.6 Å². The fourth-order valence-corrected chi connectivity index (χ4v) is 3.27. The molecule has 0 saturated carbocycles. The molecule has 0 aliphatic carbocycles. The second kappa shape index (κ2) is 8.90. The third-order valence-electron chi connectivity index (χ3n) is 4.82. The first-order valence-electron chi connectivity index (χ1n) is 9.64. The number of rotatable bonds is 7. The van der Waals surface area contributed by atoms with Gasteiger partial charge in [0, 0.05) is 18.9 Å². The molecule has 2 aromatic carbocycles. The average molecular weight is 395 g/mol. The van der Waals surface area contributed by atoms with Gasteiger partial charge in [-0.3, -0.25) is 4.79 Å². The van der Waals surface area contributed by atoms with E-state index >= 15 is 0 Å². The lowest BCUT2D eigenvalue weighted by atomic mass is 9.98. The van der Waals surface area contributed by atoms with Gasteiger partial charge in [0.15, 0.2) is 6.61 Å². The number of aromatic nitrogens is 2. The highest BCUT2D eigenvalue weighted by Crippen LogP contribution is 2.23. The van der Waals surface area contributed by atoms with Gasteiger partial charge in [-0.1, -0.05) is 26.0 Å². The van der Waals surface area contributed by atoms with Crippen LogP contribution in [0.4, 0.5) is 4.39 Å². The average Bonchev–Trinajstić information content (AvgIpc) is 3.10. The lowest BCUT2D eigenvalue weighted by Gasteiger charge is -2.13. The number of carbonyl (C=O) groups excluding carboxylic acids is 1. The molecule has 0 spiro atoms. The predicted octanol–water partition coefficient (Wildman–Crippen LogP) is 4.45. The molecule has 0 bridgehead atoms. The van der Waals surface area contributed by atoms with Crippen molar-refractivity contribution in [3.8, 4) is 11.4 Å². The molecule has 152 valence electrons. The maximum absolute atomic E-state index is 14.4. The Kier molecular flexibility index (Phi) is 6.32. The van der Waals surface area contributed by atoms with Gasteiger partial charge in [-0.2, -0.15) is 0 Å². The Morgan fingerprint density at radius 3 is 2.62 bits per heavy atom. The fraction of sp³-hybridized carbons (Fsp3) is 0.304. The molecule has 0 aliphatic heterocycles. The molecule has 6 heteroatoms. The van der Waals surface area contributed by atoms with Crippen LogP contribution in [-0.4, -0.2) is 22.1 Å². The number of imidazole rings is 1. The van der Waals surface area contributed by atoms with Crippen LogP contribution in [0.3, 0.4) is 0 Å². The van der Waals surface area contributed by atoms with Crippen molar-refractivity contribution >= 4 is 5.91 Å². The Hall–Kier alpha value is -3.15. The molecule has 0 saturated heterocycles. The molecule has 1 amide bonds. The number of nitrogens with zero attached hydrogens (tertiary/aromatic N) is 2. The molecule has 1 aromatic heterocycles. The van der Waals surface area contributed by atoms with Crippen molar-refractivity contribution in [1.82, 2.24) is 14.9 Å². The summed E-state index contributed by atoms with van der Waals surface area (Å²) in [5.41, 5.74) is 3.51. The third kappa shape index (κ3) is 5.02. The summed E-state index contributed by atoms with van der Waals surface area (Å²) in [5.74, 6) is 1.18. The van der Waals surface area contributed by atoms with E-state index in [-0.39, 0.29) is 24.9 Å². The van der Waals surface area contributed by atoms with E-state index in [1.165, 1.54) is 11.6 Å². The quantitative estimate of drug-likeness (QED) is 0.643. The van der Waals surface area contributed by atoms with Crippen LogP contribution in [0.2, 0.25) is 0 Å². The van der Waals surface area contributed by atoms with Gasteiger partial charge in [0.2, 0.25) is 0 Å². The minimum Gasteiger partial charge on any atom is -0.484 e. The van der Waals surface area contributed by atoms with Gasteiger partial charge in [0.1, 0.15) is 17.4 Å². The zero-order valence-corrected chi connectivity index (χ0v) is 17.2. The summed E-state index contributed by atoms with van der Waals surface area (Å²) in [7, 11) is 0. The maximum atomic E-state index is 14.4. The highest BCUT2D eigenvalue weighted by atomic mass is 19.1. The molecule has 0 unspecified atom stereocenters. The van der Waals surface area contributed by atoms with Crippen LogP contribution in [0, 0.1) is 19.7 Å². The number of carbonyl (C=O) groups is 1. The topological polar surface area (TPSA) is 56.1 Å². The van der Waals surface area contributed by atoms with Gasteiger partial charge in [0.05, 0.1) is 5.69 Å². The molecular formula is C23H26FN3O2. The van der Waals surface area contributed by atoms with Crippen LogP contribution in [-0.2, 0) is 11.3 Å². The van der Waals surface area contributed by atoms with Crippen LogP contribution in [0.15, 0.2) is 48.8 Å². The number of nitrogens with one attached hydrogen (secondary N) is 1. The summed E-state index contributed by atoms with van der Waals surface area (Å²) in [6.07, 6.45) is 3.34. The monoisotopic (exact) mass is 395 g/mol. The highest BCUT2D eigenvalue weighted by Gasteiger charge is 2.10. The van der Waals surface area contributed by atoms with Crippen molar-refractivity contribution in [1.29, 1.82) is 0 Å². The largest absolute Gasteiger partial charge is 0.484 e. The van der Waals surface area contributed by atoms with E-state index in [0.717, 1.165) is 5.56 Å². The van der Waals surface area contributed by atoms with Crippen molar-refractivity contribution in [2.45, 2.75) is 40.2 Å². The minimum atomic E-state index is -0.366. The number of hydrogen-bond donors (Lipinski definition) is 1. The zero-order chi connectivity index (χ0) is 21.0. The third-order valence-corrected chi connectivity index (χ3v) is 4.82. The first kappa shape index (κ1) is 20.6. The van der Waals surface area contributed by atoms with Gasteiger partial charge in [-0.05, 0) is 60.7 Å². The second-order valence-electron chi connectivity index (χ2n) is 7.37. The van der Waals surface area contributed by atoms with Crippen LogP contribution >= 0.6 is 0 Å². The van der Waals surface area contributed by atoms with Crippen molar-refractivity contribution < 1.29 is 13.9 Å². The Morgan fingerprint density at radius 2 is 2.00 bits per heavy atom. The SMILES string of the molecule is Cc1cc(OCC(=O)NCc2ccc(-n3ccnc3C)c(F)c2)ccc1C(C)C. The molecule has 29 heavy (non-hydrogen) atoms. The second-order valence-corrected chi connectivity index (χ2v) is 7.37. The molecule has 0 aliphatic rings. The molecule has 1 heterocycles. The van der Waals surface area contributed by atoms with Crippen LogP contribution < -0.4 is 10.1 Å². The number of amides is 1. The van der Waals surface area contributed by atoms with Crippen LogP contribution in [0.1, 0.15) is 42.3 Å². The van der Waals surface area contributed by atoms with Crippen molar-refractivity contribution in [2.75, 3.05) is 6.61 Å². The van der Waals surface area contributed by atoms with E-state index in [4.69, 9.17) is 4.74 Å². The number of hydrogen-bond acceptors (Lipinski definition) is 3. The maximum Gasteiger partial charge on any atom is 0.258 e. The summed E-state index contributed by atoms with van der Waals surface area (Å²) >= 11 is 0. The Balaban J connectivity index is 1.54. The molecule has 1 N–H and O–H groups in total. The van der Waals surface area contributed by atoms with Crippen molar-refractivity contribution in [2.24, 2.45) is 0 Å². The van der Waals surface area contributed by atoms with Crippen LogP contribution in [0.25, 0.3) is 5.69 Å². The molecule has 0 fully saturated rings. The van der Waals surface area contributed by atoms with Crippen molar-refractivity contribution in [3.05, 3.63) is 77.1 Å². The fourth-order valence-electron chi connectivity index (χ4n) is 3.27. The van der Waals surface area contributed by atoms with E-state index < -0.39 is 0 Å². The van der Waals surface area contributed by atoms with Gasteiger partial charge >= 0.3 is 0 Å². The molecule has 0 radical (unpaired) electrons. The molecular weight excluding hydrogens is 369 g/mol. The number of halogens is 1. The summed E-state index contributed by atoms with van der Waals surface area (Å²) in [5, 5.41) is 2.76. The van der Waals surface area contributed by atoms with E-state index in [1.54, 1.807) is 29.1 Å². The summed E-state index contributed by atoms with van der Waals surface area (Å²) in [6.45, 7) is 8.27. The molecule has 5 nitrogen and oxygen atoms in total. The summed E-state index contributed by atoms with van der Waals surface area (Å²) < 4.78 is 21.7. The van der Waals surface area contributed by atoms with Gasteiger partial charge in [0.25, 0.3) is 5.91 Å². The van der Waals surface area contributed by atoms with E-state index in [0.29, 0.717) is 28.7 Å². The van der Waals surface area contributed by atoms with E-state index in [1.807, 2.05) is 32.0 Å². The first-order valence-corrected chi connectivity index (χ1v) is 9.64. The lowest BCUT2D eigenvalue weighted by Crippen LogP contribution is -2.28. The smallest absolute Gasteiger partial charge is 0.258 e. The molecule has 0 atom stereocenters. The lowest BCUT2D eigenvalue weighted by molar-refractivity contribution is -0.123. The molecule has 3 rings (SSSR count). The van der Waals surface area contributed by atoms with Crippen LogP contribution in [0.5, 0.6) is 5.75 Å². The predicted molar refractivity (Wildman–Crippen MR) is 111 cm³/mol. The zero-order valence-electron chi connectivity index (χ0n) is 17.2. The Labute approximate surface area is 170 Å². The van der Waals surface area contributed by atoms with Gasteiger partial charge in [-0.25, -0.2) is 9.37 Å². The Bertz CT molecular complexity index is 1010. The number of ether oxygens (including phenoxy) is 1. The summed E-state index contributed by atoms with van der Waals surface area (Å²) in [4.78, 5) is 16.2. The van der Waals surface area contributed by atoms with Crippen molar-refractivity contribution in [3.63, 3.8) is 0 Å².